The molecule has 0 aliphatic heterocycles. The van der Waals surface area contributed by atoms with Gasteiger partial charge >= 0.3 is 0 Å². The second-order valence-corrected chi connectivity index (χ2v) is 2.17. The molecule has 0 aliphatic carbocycles. The van der Waals surface area contributed by atoms with Gasteiger partial charge in [-0.05, 0) is 18.2 Å². The quantitative estimate of drug-likeness (QED) is 0.651. The number of nitrogens with one attached hydrogen (secondary N) is 1. The van der Waals surface area contributed by atoms with Crippen molar-refractivity contribution in [3.8, 4) is 6.07 Å². The molecular weight excluding hydrogens is 174 g/mol. The minimum absolute atomic E-state index is 0. The van der Waals surface area contributed by atoms with Crippen molar-refractivity contribution < 1.29 is 0 Å². The highest BCUT2D eigenvalue weighted by atomic mass is 35.5. The molecule has 0 aliphatic rings. The molecule has 1 rings (SSSR count). The first-order valence-corrected chi connectivity index (χ1v) is 3.25. The van der Waals surface area contributed by atoms with Crippen LogP contribution in [0.3, 0.4) is 0 Å². The molecule has 3 nitrogen and oxygen atoms in total. The summed E-state index contributed by atoms with van der Waals surface area (Å²) in [6.07, 6.45) is 0. The predicted molar refractivity (Wildman–Crippen MR) is 52.4 cm³/mol. The fraction of sp³-hybridized carbons (Fsp3) is 0.125. The van der Waals surface area contributed by atoms with Crippen molar-refractivity contribution in [1.82, 2.24) is 0 Å². The second-order valence-electron chi connectivity index (χ2n) is 2.17. The molecule has 0 atom stereocenters. The lowest BCUT2D eigenvalue weighted by Crippen LogP contribution is -1.93. The zero-order valence-corrected chi connectivity index (χ0v) is 7.48. The highest BCUT2D eigenvalue weighted by Crippen LogP contribution is 2.16. The normalized spacial score (nSPS) is 8.00. The molecule has 64 valence electrons. The van der Waals surface area contributed by atoms with E-state index in [1.54, 1.807) is 25.2 Å². The summed E-state index contributed by atoms with van der Waals surface area (Å²) in [7, 11) is 1.77. The number of nitrogen functional groups attached to an aromatic ring is 1. The Morgan fingerprint density at radius 1 is 1.50 bits per heavy atom. The van der Waals surface area contributed by atoms with Crippen LogP contribution in [-0.2, 0) is 0 Å². The van der Waals surface area contributed by atoms with Crippen LogP contribution < -0.4 is 11.1 Å². The number of benzene rings is 1. The standard InChI is InChI=1S/C8H9N3.ClH/c1-11-8-3-2-7(10)4-6(8)5-9;/h2-4,11H,10H2,1H3;1H. The van der Waals surface area contributed by atoms with Crippen LogP contribution in [0.15, 0.2) is 18.2 Å². The number of hydrogen-bond donors (Lipinski definition) is 2. The van der Waals surface area contributed by atoms with E-state index < -0.39 is 0 Å². The summed E-state index contributed by atoms with van der Waals surface area (Å²) in [6, 6.07) is 7.23. The minimum atomic E-state index is 0. The summed E-state index contributed by atoms with van der Waals surface area (Å²) < 4.78 is 0. The lowest BCUT2D eigenvalue weighted by atomic mass is 10.2. The fourth-order valence-corrected chi connectivity index (χ4v) is 0.872. The molecular formula is C8H10ClN3. The molecule has 0 heterocycles. The van der Waals surface area contributed by atoms with Crippen LogP contribution in [0.4, 0.5) is 11.4 Å². The Morgan fingerprint density at radius 2 is 2.17 bits per heavy atom. The third-order valence-corrected chi connectivity index (χ3v) is 1.43. The molecule has 0 saturated heterocycles. The van der Waals surface area contributed by atoms with Gasteiger partial charge in [-0.15, -0.1) is 12.4 Å². The van der Waals surface area contributed by atoms with E-state index in [1.807, 2.05) is 6.07 Å². The van der Waals surface area contributed by atoms with Gasteiger partial charge in [-0.3, -0.25) is 0 Å². The van der Waals surface area contributed by atoms with Crippen molar-refractivity contribution in [2.24, 2.45) is 0 Å². The molecule has 0 fully saturated rings. The maximum atomic E-state index is 8.63. The monoisotopic (exact) mass is 183 g/mol. The summed E-state index contributed by atoms with van der Waals surface area (Å²) in [6.45, 7) is 0. The van der Waals surface area contributed by atoms with Gasteiger partial charge in [0, 0.05) is 12.7 Å². The van der Waals surface area contributed by atoms with Gasteiger partial charge in [0.1, 0.15) is 6.07 Å². The summed E-state index contributed by atoms with van der Waals surface area (Å²) in [4.78, 5) is 0. The minimum Gasteiger partial charge on any atom is -0.399 e. The predicted octanol–water partition coefficient (Wildman–Crippen LogP) is 1.60. The van der Waals surface area contributed by atoms with Crippen molar-refractivity contribution >= 4 is 23.8 Å². The maximum absolute atomic E-state index is 8.63. The molecule has 0 saturated carbocycles. The van der Waals surface area contributed by atoms with E-state index in [0.29, 0.717) is 11.3 Å². The van der Waals surface area contributed by atoms with E-state index in [2.05, 4.69) is 5.32 Å². The summed E-state index contributed by atoms with van der Waals surface area (Å²) in [5.74, 6) is 0. The Morgan fingerprint density at radius 3 is 2.67 bits per heavy atom. The Balaban J connectivity index is 0.00000121. The fourth-order valence-electron chi connectivity index (χ4n) is 0.872. The number of anilines is 2. The summed E-state index contributed by atoms with van der Waals surface area (Å²) in [5.41, 5.74) is 7.47. The van der Waals surface area contributed by atoms with Gasteiger partial charge in [0.05, 0.1) is 11.3 Å². The Kier molecular flexibility index (Phi) is 3.95. The van der Waals surface area contributed by atoms with Gasteiger partial charge in [-0.2, -0.15) is 5.26 Å². The van der Waals surface area contributed by atoms with Crippen LogP contribution in [0.2, 0.25) is 0 Å². The van der Waals surface area contributed by atoms with Crippen LogP contribution in [0.5, 0.6) is 0 Å². The number of nitriles is 1. The molecule has 12 heavy (non-hydrogen) atoms. The third-order valence-electron chi connectivity index (χ3n) is 1.43. The highest BCUT2D eigenvalue weighted by molar-refractivity contribution is 5.85. The van der Waals surface area contributed by atoms with Gasteiger partial charge in [0.15, 0.2) is 0 Å². The maximum Gasteiger partial charge on any atom is 0.101 e. The molecule has 3 N–H and O–H groups in total. The molecule has 1 aromatic rings. The first kappa shape index (κ1) is 10.6. The molecule has 4 heteroatoms. The van der Waals surface area contributed by atoms with Crippen LogP contribution in [-0.4, -0.2) is 7.05 Å². The van der Waals surface area contributed by atoms with Gasteiger partial charge < -0.3 is 11.1 Å². The van der Waals surface area contributed by atoms with Crippen molar-refractivity contribution in [1.29, 1.82) is 5.26 Å². The second kappa shape index (κ2) is 4.47. The molecule has 1 aromatic carbocycles. The number of nitrogens with two attached hydrogens (primary N) is 1. The lowest BCUT2D eigenvalue weighted by molar-refractivity contribution is 1.44. The molecule has 0 amide bonds. The van der Waals surface area contributed by atoms with E-state index in [-0.39, 0.29) is 12.4 Å². The van der Waals surface area contributed by atoms with Gasteiger partial charge in [-0.1, -0.05) is 0 Å². The van der Waals surface area contributed by atoms with Crippen molar-refractivity contribution in [2.45, 2.75) is 0 Å². The Labute approximate surface area is 77.6 Å². The first-order chi connectivity index (χ1) is 5.27. The van der Waals surface area contributed by atoms with E-state index in [9.17, 15) is 0 Å². The lowest BCUT2D eigenvalue weighted by Gasteiger charge is -2.02. The number of rotatable bonds is 1. The number of halogens is 1. The smallest absolute Gasteiger partial charge is 0.101 e. The molecule has 0 unspecified atom stereocenters. The Bertz CT molecular complexity index is 304. The van der Waals surface area contributed by atoms with Gasteiger partial charge in [-0.25, -0.2) is 0 Å². The van der Waals surface area contributed by atoms with Crippen LogP contribution >= 0.6 is 12.4 Å². The summed E-state index contributed by atoms with van der Waals surface area (Å²) in [5, 5.41) is 11.5. The molecule has 0 bridgehead atoms. The van der Waals surface area contributed by atoms with Gasteiger partial charge in [0.25, 0.3) is 0 Å². The van der Waals surface area contributed by atoms with E-state index in [1.165, 1.54) is 0 Å². The first-order valence-electron chi connectivity index (χ1n) is 3.25. The SMILES string of the molecule is CNc1ccc(N)cc1C#N.Cl. The van der Waals surface area contributed by atoms with Crippen molar-refractivity contribution in [3.05, 3.63) is 23.8 Å². The summed E-state index contributed by atoms with van der Waals surface area (Å²) >= 11 is 0. The zero-order valence-electron chi connectivity index (χ0n) is 6.66. The van der Waals surface area contributed by atoms with Crippen LogP contribution in [0.1, 0.15) is 5.56 Å². The third kappa shape index (κ3) is 2.04. The van der Waals surface area contributed by atoms with E-state index in [4.69, 9.17) is 11.0 Å². The largest absolute Gasteiger partial charge is 0.399 e. The van der Waals surface area contributed by atoms with E-state index in [0.717, 1.165) is 5.69 Å². The van der Waals surface area contributed by atoms with E-state index >= 15 is 0 Å². The number of nitrogens with zero attached hydrogens (tertiary/aromatic N) is 1. The average Bonchev–Trinajstić information content (AvgIpc) is 2.04. The van der Waals surface area contributed by atoms with Crippen molar-refractivity contribution in [3.63, 3.8) is 0 Å². The molecule has 0 aromatic heterocycles. The molecule has 0 spiro atoms. The molecule has 0 radical (unpaired) electrons. The average molecular weight is 184 g/mol. The number of hydrogen-bond acceptors (Lipinski definition) is 3. The van der Waals surface area contributed by atoms with Crippen LogP contribution in [0, 0.1) is 11.3 Å². The Hall–Kier alpha value is -1.40. The van der Waals surface area contributed by atoms with Crippen LogP contribution in [0.25, 0.3) is 0 Å². The highest BCUT2D eigenvalue weighted by Gasteiger charge is 1.98. The van der Waals surface area contributed by atoms with Crippen molar-refractivity contribution in [2.75, 3.05) is 18.1 Å². The topological polar surface area (TPSA) is 61.8 Å². The zero-order chi connectivity index (χ0) is 8.27. The van der Waals surface area contributed by atoms with Gasteiger partial charge in [0.2, 0.25) is 0 Å².